The van der Waals surface area contributed by atoms with Crippen LogP contribution in [0.15, 0.2) is 42.5 Å². The number of benzene rings is 2. The van der Waals surface area contributed by atoms with Gasteiger partial charge in [-0.15, -0.1) is 0 Å². The number of carbonyl (C=O) groups is 2. The third-order valence-corrected chi connectivity index (χ3v) is 5.27. The van der Waals surface area contributed by atoms with E-state index in [1.165, 1.54) is 5.56 Å². The first-order valence-corrected chi connectivity index (χ1v) is 9.71. The Morgan fingerprint density at radius 3 is 2.43 bits per heavy atom. The Kier molecular flexibility index (Phi) is 6.02. The van der Waals surface area contributed by atoms with Crippen LogP contribution in [0, 0.1) is 12.8 Å². The number of carbonyl (C=O) groups excluding carboxylic acids is 2. The van der Waals surface area contributed by atoms with Gasteiger partial charge in [0.15, 0.2) is 0 Å². The molecule has 0 fully saturated rings. The average Bonchev–Trinajstić information content (AvgIpc) is 2.70. The van der Waals surface area contributed by atoms with Gasteiger partial charge in [0.05, 0.1) is 7.11 Å². The second-order valence-electron chi connectivity index (χ2n) is 7.71. The second-order valence-corrected chi connectivity index (χ2v) is 7.71. The number of nitrogens with zero attached hydrogens (tertiary/aromatic N) is 1. The molecule has 0 saturated heterocycles. The van der Waals surface area contributed by atoms with Gasteiger partial charge in [-0.2, -0.15) is 0 Å². The van der Waals surface area contributed by atoms with Crippen molar-refractivity contribution in [3.05, 3.63) is 64.7 Å². The van der Waals surface area contributed by atoms with Crippen LogP contribution >= 0.6 is 0 Å². The minimum Gasteiger partial charge on any atom is -0.497 e. The molecule has 5 heteroatoms. The fourth-order valence-corrected chi connectivity index (χ4v) is 3.49. The summed E-state index contributed by atoms with van der Waals surface area (Å²) in [6.07, 6.45) is 0.807. The van der Waals surface area contributed by atoms with E-state index in [2.05, 4.69) is 11.4 Å². The first-order chi connectivity index (χ1) is 13.4. The van der Waals surface area contributed by atoms with Crippen LogP contribution in [0.3, 0.4) is 0 Å². The third-order valence-electron chi connectivity index (χ3n) is 5.27. The molecule has 0 bridgehead atoms. The molecular formula is C23H28N2O3. The zero-order chi connectivity index (χ0) is 20.3. The third kappa shape index (κ3) is 4.35. The molecule has 0 spiro atoms. The number of hydrogen-bond donors (Lipinski definition) is 1. The highest BCUT2D eigenvalue weighted by atomic mass is 16.5. The van der Waals surface area contributed by atoms with Crippen molar-refractivity contribution < 1.29 is 14.3 Å². The summed E-state index contributed by atoms with van der Waals surface area (Å²) in [5.41, 5.74) is 4.01. The number of hydrogen-bond acceptors (Lipinski definition) is 3. The van der Waals surface area contributed by atoms with Crippen LogP contribution in [0.4, 0.5) is 0 Å². The summed E-state index contributed by atoms with van der Waals surface area (Å²) < 4.78 is 5.31. The van der Waals surface area contributed by atoms with Crippen molar-refractivity contribution in [3.8, 4) is 5.75 Å². The summed E-state index contributed by atoms with van der Waals surface area (Å²) in [4.78, 5) is 27.7. The van der Waals surface area contributed by atoms with E-state index in [9.17, 15) is 9.59 Å². The van der Waals surface area contributed by atoms with Crippen molar-refractivity contribution in [2.24, 2.45) is 5.92 Å². The predicted molar refractivity (Wildman–Crippen MR) is 109 cm³/mol. The molecular weight excluding hydrogens is 352 g/mol. The van der Waals surface area contributed by atoms with Gasteiger partial charge in [0.2, 0.25) is 5.91 Å². The van der Waals surface area contributed by atoms with Crippen LogP contribution in [0.2, 0.25) is 0 Å². The number of rotatable bonds is 5. The summed E-state index contributed by atoms with van der Waals surface area (Å²) in [6, 6.07) is 12.8. The highest BCUT2D eigenvalue weighted by Crippen LogP contribution is 2.24. The van der Waals surface area contributed by atoms with Crippen molar-refractivity contribution in [2.45, 2.75) is 39.8 Å². The van der Waals surface area contributed by atoms with Crippen molar-refractivity contribution >= 4 is 11.8 Å². The smallest absolute Gasteiger partial charge is 0.251 e. The average molecular weight is 380 g/mol. The fourth-order valence-electron chi connectivity index (χ4n) is 3.49. The van der Waals surface area contributed by atoms with E-state index in [1.807, 2.05) is 49.9 Å². The van der Waals surface area contributed by atoms with E-state index in [0.717, 1.165) is 23.3 Å². The molecule has 2 aromatic rings. The summed E-state index contributed by atoms with van der Waals surface area (Å²) in [7, 11) is 1.64. The molecule has 2 amide bonds. The molecule has 28 heavy (non-hydrogen) atoms. The summed E-state index contributed by atoms with van der Waals surface area (Å²) in [5, 5.41) is 2.94. The number of nitrogens with one attached hydrogen (secondary N) is 1. The molecule has 1 unspecified atom stereocenters. The zero-order valence-electron chi connectivity index (χ0n) is 17.0. The normalized spacial score (nSPS) is 14.4. The van der Waals surface area contributed by atoms with Gasteiger partial charge in [0.1, 0.15) is 11.8 Å². The fraction of sp³-hybridized carbons (Fsp3) is 0.391. The lowest BCUT2D eigenvalue weighted by molar-refractivity contribution is -0.135. The van der Waals surface area contributed by atoms with Crippen molar-refractivity contribution in [1.29, 1.82) is 0 Å². The van der Waals surface area contributed by atoms with E-state index in [0.29, 0.717) is 18.7 Å². The Hall–Kier alpha value is -2.82. The van der Waals surface area contributed by atoms with Crippen molar-refractivity contribution in [3.63, 3.8) is 0 Å². The van der Waals surface area contributed by atoms with Gasteiger partial charge < -0.3 is 15.0 Å². The van der Waals surface area contributed by atoms with Gasteiger partial charge in [-0.25, -0.2) is 0 Å². The van der Waals surface area contributed by atoms with Crippen LogP contribution in [0.5, 0.6) is 5.75 Å². The lowest BCUT2D eigenvalue weighted by Crippen LogP contribution is -2.52. The molecule has 1 atom stereocenters. The minimum atomic E-state index is -0.555. The highest BCUT2D eigenvalue weighted by Gasteiger charge is 2.31. The lowest BCUT2D eigenvalue weighted by Gasteiger charge is -2.33. The van der Waals surface area contributed by atoms with Crippen LogP contribution in [-0.2, 0) is 17.8 Å². The highest BCUT2D eigenvalue weighted by molar-refractivity contribution is 5.97. The molecule has 0 aliphatic carbocycles. The Balaban J connectivity index is 1.74. The number of fused-ring (bicyclic) bond motifs is 1. The first kappa shape index (κ1) is 19.9. The second kappa shape index (κ2) is 8.46. The number of aryl methyl sites for hydroxylation is 1. The van der Waals surface area contributed by atoms with Gasteiger partial charge >= 0.3 is 0 Å². The molecule has 5 nitrogen and oxygen atoms in total. The molecule has 0 saturated carbocycles. The molecule has 1 heterocycles. The van der Waals surface area contributed by atoms with E-state index in [1.54, 1.807) is 19.2 Å². The maximum atomic E-state index is 13.2. The summed E-state index contributed by atoms with van der Waals surface area (Å²) >= 11 is 0. The molecule has 2 aromatic carbocycles. The minimum absolute atomic E-state index is 0.00592. The molecule has 3 rings (SSSR count). The Labute approximate surface area is 166 Å². The quantitative estimate of drug-likeness (QED) is 0.865. The molecule has 0 radical (unpaired) electrons. The van der Waals surface area contributed by atoms with Crippen molar-refractivity contribution in [2.75, 3.05) is 13.7 Å². The predicted octanol–water partition coefficient (Wildman–Crippen LogP) is 3.34. The molecule has 1 aliphatic heterocycles. The van der Waals surface area contributed by atoms with Crippen LogP contribution in [0.25, 0.3) is 0 Å². The van der Waals surface area contributed by atoms with Crippen LogP contribution in [0.1, 0.15) is 40.9 Å². The topological polar surface area (TPSA) is 58.6 Å². The lowest BCUT2D eigenvalue weighted by atomic mass is 9.96. The van der Waals surface area contributed by atoms with Gasteiger partial charge in [0, 0.05) is 18.7 Å². The van der Waals surface area contributed by atoms with Gasteiger partial charge in [-0.1, -0.05) is 37.6 Å². The van der Waals surface area contributed by atoms with Crippen LogP contribution < -0.4 is 10.1 Å². The summed E-state index contributed by atoms with van der Waals surface area (Å²) in [6.45, 7) is 7.08. The molecule has 1 N–H and O–H groups in total. The van der Waals surface area contributed by atoms with Gasteiger partial charge in [-0.3, -0.25) is 9.59 Å². The number of methoxy groups -OCH3 is 1. The van der Waals surface area contributed by atoms with Crippen LogP contribution in [-0.4, -0.2) is 36.4 Å². The molecule has 148 valence electrons. The number of ether oxygens (including phenoxy) is 1. The van der Waals surface area contributed by atoms with E-state index in [4.69, 9.17) is 4.74 Å². The summed E-state index contributed by atoms with van der Waals surface area (Å²) in [5.74, 6) is 0.532. The Morgan fingerprint density at radius 1 is 1.07 bits per heavy atom. The maximum Gasteiger partial charge on any atom is 0.251 e. The van der Waals surface area contributed by atoms with Gasteiger partial charge in [0.25, 0.3) is 5.91 Å². The monoisotopic (exact) mass is 380 g/mol. The number of amides is 2. The zero-order valence-corrected chi connectivity index (χ0v) is 17.0. The van der Waals surface area contributed by atoms with E-state index >= 15 is 0 Å². The Bertz CT molecular complexity index is 859. The molecule has 1 aliphatic rings. The standard InChI is InChI=1S/C23H28N2O3/c1-15(2)21(24-22(26)18-7-5-16(3)6-8-18)23(27)25-12-11-17-9-10-20(28-4)13-19(17)14-25/h5-10,13,15,21H,11-12,14H2,1-4H3,(H,24,26). The largest absolute Gasteiger partial charge is 0.497 e. The van der Waals surface area contributed by atoms with Crippen molar-refractivity contribution in [1.82, 2.24) is 10.2 Å². The maximum absolute atomic E-state index is 13.2. The first-order valence-electron chi connectivity index (χ1n) is 9.71. The van der Waals surface area contributed by atoms with E-state index in [-0.39, 0.29) is 17.7 Å². The molecule has 0 aromatic heterocycles. The van der Waals surface area contributed by atoms with E-state index < -0.39 is 6.04 Å². The SMILES string of the molecule is COc1ccc2c(c1)CN(C(=O)C(NC(=O)c1ccc(C)cc1)C(C)C)CC2. The Morgan fingerprint density at radius 2 is 1.79 bits per heavy atom. The van der Waals surface area contributed by atoms with Gasteiger partial charge in [-0.05, 0) is 54.7 Å².